The van der Waals surface area contributed by atoms with Gasteiger partial charge in [0.25, 0.3) is 0 Å². The third-order valence-corrected chi connectivity index (χ3v) is 2.34. The van der Waals surface area contributed by atoms with Gasteiger partial charge in [0.2, 0.25) is 0 Å². The van der Waals surface area contributed by atoms with Gasteiger partial charge >= 0.3 is 11.5 Å². The second kappa shape index (κ2) is 4.96. The highest BCUT2D eigenvalue weighted by Gasteiger charge is 2.31. The molecular weight excluding hydrogens is 255 g/mol. The van der Waals surface area contributed by atoms with Crippen LogP contribution in [0.5, 0.6) is 0 Å². The maximum absolute atomic E-state index is 12.5. The monoisotopic (exact) mass is 265 g/mol. The van der Waals surface area contributed by atoms with Crippen LogP contribution in [0.25, 0.3) is 0 Å². The van der Waals surface area contributed by atoms with Crippen molar-refractivity contribution in [2.24, 2.45) is 0 Å². The lowest BCUT2D eigenvalue weighted by Crippen LogP contribution is -2.33. The Hall–Kier alpha value is -1.23. The summed E-state index contributed by atoms with van der Waals surface area (Å²) in [6.07, 6.45) is -4.44. The van der Waals surface area contributed by atoms with Gasteiger partial charge in [0, 0.05) is 11.7 Å². The van der Waals surface area contributed by atoms with Crippen molar-refractivity contribution < 1.29 is 18.0 Å². The maximum atomic E-state index is 12.5. The molecule has 0 fully saturated rings. The standard InChI is InChI=1S/C11H11ClF3NO/c1-7(2)16(10(12)17)9-5-3-4-8(6-9)11(13,14)15/h3-7H,1-2H3. The second-order valence-corrected chi connectivity index (χ2v) is 4.09. The zero-order chi connectivity index (χ0) is 13.2. The predicted molar refractivity (Wildman–Crippen MR) is 60.3 cm³/mol. The van der Waals surface area contributed by atoms with E-state index in [2.05, 4.69) is 0 Å². The summed E-state index contributed by atoms with van der Waals surface area (Å²) in [5, 5.41) is -0.806. The molecule has 0 saturated carbocycles. The number of carbonyl (C=O) groups is 1. The van der Waals surface area contributed by atoms with E-state index in [9.17, 15) is 18.0 Å². The summed E-state index contributed by atoms with van der Waals surface area (Å²) in [5.41, 5.74) is -0.673. The highest BCUT2D eigenvalue weighted by molar-refractivity contribution is 6.66. The zero-order valence-corrected chi connectivity index (χ0v) is 10.0. The van der Waals surface area contributed by atoms with Gasteiger partial charge in [-0.3, -0.25) is 9.69 Å². The molecule has 0 spiro atoms. The topological polar surface area (TPSA) is 20.3 Å². The molecule has 2 nitrogen and oxygen atoms in total. The van der Waals surface area contributed by atoms with Crippen LogP contribution in [0, 0.1) is 0 Å². The van der Waals surface area contributed by atoms with Gasteiger partial charge in [-0.05, 0) is 43.6 Å². The van der Waals surface area contributed by atoms with E-state index in [0.717, 1.165) is 17.0 Å². The third-order valence-electron chi connectivity index (χ3n) is 2.16. The molecule has 0 heterocycles. The van der Waals surface area contributed by atoms with Crippen molar-refractivity contribution in [3.05, 3.63) is 29.8 Å². The fourth-order valence-electron chi connectivity index (χ4n) is 1.43. The Bertz CT molecular complexity index is 417. The SMILES string of the molecule is CC(C)N(C(=O)Cl)c1cccc(C(F)(F)F)c1. The van der Waals surface area contributed by atoms with Crippen LogP contribution in [-0.4, -0.2) is 11.4 Å². The minimum absolute atomic E-state index is 0.134. The van der Waals surface area contributed by atoms with Crippen LogP contribution in [0.4, 0.5) is 23.7 Å². The molecule has 0 unspecified atom stereocenters. The van der Waals surface area contributed by atoms with Crippen molar-refractivity contribution in [2.45, 2.75) is 26.1 Å². The number of hydrogen-bond acceptors (Lipinski definition) is 1. The molecule has 0 aliphatic carbocycles. The molecule has 0 aromatic heterocycles. The lowest BCUT2D eigenvalue weighted by Gasteiger charge is -2.24. The van der Waals surface area contributed by atoms with Gasteiger partial charge in [0.05, 0.1) is 5.56 Å². The number of rotatable bonds is 2. The van der Waals surface area contributed by atoms with Crippen LogP contribution in [0.3, 0.4) is 0 Å². The van der Waals surface area contributed by atoms with Crippen LogP contribution >= 0.6 is 11.6 Å². The molecular formula is C11H11ClF3NO. The molecule has 1 rings (SSSR count). The average molecular weight is 266 g/mol. The van der Waals surface area contributed by atoms with Gasteiger partial charge in [-0.15, -0.1) is 0 Å². The van der Waals surface area contributed by atoms with Gasteiger partial charge in [-0.2, -0.15) is 13.2 Å². The Morgan fingerprint density at radius 3 is 2.35 bits per heavy atom. The first-order chi connectivity index (χ1) is 7.73. The van der Waals surface area contributed by atoms with E-state index in [1.54, 1.807) is 13.8 Å². The highest BCUT2D eigenvalue weighted by Crippen LogP contribution is 2.32. The predicted octanol–water partition coefficient (Wildman–Crippen LogP) is 4.28. The molecule has 0 atom stereocenters. The van der Waals surface area contributed by atoms with E-state index in [1.165, 1.54) is 12.1 Å². The van der Waals surface area contributed by atoms with Crippen LogP contribution in [0.2, 0.25) is 0 Å². The van der Waals surface area contributed by atoms with Gasteiger partial charge < -0.3 is 0 Å². The number of amides is 1. The number of alkyl halides is 3. The quantitative estimate of drug-likeness (QED) is 0.577. The molecule has 0 radical (unpaired) electrons. The van der Waals surface area contributed by atoms with Crippen LogP contribution < -0.4 is 4.90 Å². The highest BCUT2D eigenvalue weighted by atomic mass is 35.5. The molecule has 1 aromatic carbocycles. The number of hydrogen-bond donors (Lipinski definition) is 0. The van der Waals surface area contributed by atoms with E-state index in [4.69, 9.17) is 11.6 Å². The van der Waals surface area contributed by atoms with E-state index in [-0.39, 0.29) is 11.7 Å². The summed E-state index contributed by atoms with van der Waals surface area (Å²) in [6.45, 7) is 3.33. The molecule has 1 amide bonds. The summed E-state index contributed by atoms with van der Waals surface area (Å²) in [6, 6.07) is 4.19. The summed E-state index contributed by atoms with van der Waals surface area (Å²) >= 11 is 5.35. The Morgan fingerprint density at radius 1 is 1.35 bits per heavy atom. The first-order valence-electron chi connectivity index (χ1n) is 4.89. The number of carbonyl (C=O) groups excluding carboxylic acids is 1. The molecule has 1 aromatic rings. The van der Waals surface area contributed by atoms with Crippen molar-refractivity contribution in [2.75, 3.05) is 4.90 Å². The average Bonchev–Trinajstić information content (AvgIpc) is 2.15. The van der Waals surface area contributed by atoms with Crippen molar-refractivity contribution in [1.29, 1.82) is 0 Å². The lowest BCUT2D eigenvalue weighted by molar-refractivity contribution is -0.137. The van der Waals surface area contributed by atoms with E-state index >= 15 is 0 Å². The minimum atomic E-state index is -4.44. The molecule has 0 aliphatic heterocycles. The first-order valence-corrected chi connectivity index (χ1v) is 5.27. The van der Waals surface area contributed by atoms with Crippen molar-refractivity contribution in [3.63, 3.8) is 0 Å². The number of nitrogens with zero attached hydrogens (tertiary/aromatic N) is 1. The van der Waals surface area contributed by atoms with Crippen LogP contribution in [0.1, 0.15) is 19.4 Å². The molecule has 94 valence electrons. The van der Waals surface area contributed by atoms with E-state index < -0.39 is 17.1 Å². The fourth-order valence-corrected chi connectivity index (χ4v) is 1.73. The number of benzene rings is 1. The Kier molecular flexibility index (Phi) is 4.03. The van der Waals surface area contributed by atoms with Crippen molar-refractivity contribution >= 4 is 22.7 Å². The lowest BCUT2D eigenvalue weighted by atomic mass is 10.1. The largest absolute Gasteiger partial charge is 0.416 e. The maximum Gasteiger partial charge on any atom is 0.416 e. The molecule has 0 aliphatic rings. The summed E-state index contributed by atoms with van der Waals surface area (Å²) in [4.78, 5) is 12.3. The summed E-state index contributed by atoms with van der Waals surface area (Å²) in [7, 11) is 0. The number of anilines is 1. The van der Waals surface area contributed by atoms with Gasteiger partial charge in [-0.25, -0.2) is 0 Å². The summed E-state index contributed by atoms with van der Waals surface area (Å²) in [5.74, 6) is 0. The first kappa shape index (κ1) is 13.8. The van der Waals surface area contributed by atoms with Gasteiger partial charge in [0.1, 0.15) is 0 Å². The van der Waals surface area contributed by atoms with Crippen LogP contribution in [-0.2, 0) is 6.18 Å². The van der Waals surface area contributed by atoms with Gasteiger partial charge in [0.15, 0.2) is 0 Å². The molecule has 6 heteroatoms. The second-order valence-electron chi connectivity index (χ2n) is 3.76. The third kappa shape index (κ3) is 3.36. The Balaban J connectivity index is 3.18. The fraction of sp³-hybridized carbons (Fsp3) is 0.364. The molecule has 0 N–H and O–H groups in total. The Labute approximate surface area is 102 Å². The van der Waals surface area contributed by atoms with Crippen molar-refractivity contribution in [1.82, 2.24) is 0 Å². The molecule has 17 heavy (non-hydrogen) atoms. The van der Waals surface area contributed by atoms with Gasteiger partial charge in [-0.1, -0.05) is 6.07 Å². The smallest absolute Gasteiger partial charge is 0.296 e. The van der Waals surface area contributed by atoms with E-state index in [0.29, 0.717) is 0 Å². The molecule has 0 bridgehead atoms. The van der Waals surface area contributed by atoms with Crippen molar-refractivity contribution in [3.8, 4) is 0 Å². The van der Waals surface area contributed by atoms with E-state index in [1.807, 2.05) is 0 Å². The number of halogens is 4. The summed E-state index contributed by atoms with van der Waals surface area (Å²) < 4.78 is 37.5. The minimum Gasteiger partial charge on any atom is -0.296 e. The normalized spacial score (nSPS) is 11.7. The van der Waals surface area contributed by atoms with Crippen LogP contribution in [0.15, 0.2) is 24.3 Å². The molecule has 0 saturated heterocycles. The Morgan fingerprint density at radius 2 is 1.94 bits per heavy atom. The zero-order valence-electron chi connectivity index (χ0n) is 9.25.